The highest BCUT2D eigenvalue weighted by Gasteiger charge is 2.48. The maximum absolute atomic E-state index is 10.3. The number of rotatable bonds is 5. The van der Waals surface area contributed by atoms with E-state index >= 15 is 0 Å². The first-order valence-corrected chi connectivity index (χ1v) is 12.7. The highest BCUT2D eigenvalue weighted by Crippen LogP contribution is 2.58. The lowest BCUT2D eigenvalue weighted by molar-refractivity contribution is 0.183. The quantitative estimate of drug-likeness (QED) is 0.449. The summed E-state index contributed by atoms with van der Waals surface area (Å²) in [5.74, 6) is 1.81. The van der Waals surface area contributed by atoms with Gasteiger partial charge in [-0.1, -0.05) is 30.7 Å². The Morgan fingerprint density at radius 2 is 1.57 bits per heavy atom. The van der Waals surface area contributed by atoms with Gasteiger partial charge in [-0.25, -0.2) is 0 Å². The molecule has 1 saturated heterocycles. The molecule has 1 fully saturated rings. The van der Waals surface area contributed by atoms with Gasteiger partial charge in [0.2, 0.25) is 0 Å². The van der Waals surface area contributed by atoms with Crippen molar-refractivity contribution in [2.75, 3.05) is 26.2 Å². The third-order valence-electron chi connectivity index (χ3n) is 8.31. The van der Waals surface area contributed by atoms with Gasteiger partial charge in [0.15, 0.2) is 0 Å². The van der Waals surface area contributed by atoms with E-state index in [-0.39, 0.29) is 23.7 Å². The second kappa shape index (κ2) is 9.75. The molecule has 5 heteroatoms. The molecule has 4 nitrogen and oxygen atoms in total. The number of fused-ring (bicyclic) bond motifs is 4. The van der Waals surface area contributed by atoms with E-state index in [4.69, 9.17) is 4.74 Å². The summed E-state index contributed by atoms with van der Waals surface area (Å²) in [6.07, 6.45) is 6.97. The number of aryl methyl sites for hydroxylation is 1. The molecule has 3 aromatic carbocycles. The van der Waals surface area contributed by atoms with E-state index in [2.05, 4.69) is 41.3 Å². The van der Waals surface area contributed by atoms with E-state index in [1.54, 1.807) is 0 Å². The van der Waals surface area contributed by atoms with Crippen molar-refractivity contribution in [3.05, 3.63) is 88.5 Å². The van der Waals surface area contributed by atoms with E-state index in [0.29, 0.717) is 11.5 Å². The SMILES string of the molecule is Cl.Oc1ccc2c(c1)CCC21CC(c2ccc(OCCN3CCCCC3)cc2)c2cc(O)ccc21. The van der Waals surface area contributed by atoms with Gasteiger partial charge in [0.25, 0.3) is 0 Å². The number of ether oxygens (including phenoxy) is 1. The van der Waals surface area contributed by atoms with Crippen molar-refractivity contribution in [2.24, 2.45) is 0 Å². The lowest BCUT2D eigenvalue weighted by Gasteiger charge is -2.27. The summed E-state index contributed by atoms with van der Waals surface area (Å²) in [5, 5.41) is 20.3. The van der Waals surface area contributed by atoms with Crippen molar-refractivity contribution in [2.45, 2.75) is 49.9 Å². The van der Waals surface area contributed by atoms with Crippen molar-refractivity contribution in [3.8, 4) is 17.2 Å². The molecule has 1 spiro atoms. The number of hydrogen-bond acceptors (Lipinski definition) is 4. The molecule has 0 aromatic heterocycles. The Kier molecular flexibility index (Phi) is 6.69. The van der Waals surface area contributed by atoms with Gasteiger partial charge in [-0.15, -0.1) is 12.4 Å². The topological polar surface area (TPSA) is 52.9 Å². The zero-order chi connectivity index (χ0) is 23.1. The highest BCUT2D eigenvalue weighted by molar-refractivity contribution is 5.85. The van der Waals surface area contributed by atoms with Crippen LogP contribution in [0.15, 0.2) is 60.7 Å². The smallest absolute Gasteiger partial charge is 0.119 e. The van der Waals surface area contributed by atoms with Crippen molar-refractivity contribution in [1.29, 1.82) is 0 Å². The standard InChI is InChI=1S/C30H33NO3.ClH/c32-23-6-10-28-22(18-23)12-13-30(28)20-27(26-19-24(33)7-11-29(26)30)21-4-8-25(9-5-21)34-17-16-31-14-2-1-3-15-31;/h4-11,18-19,27,32-33H,1-3,12-17,20H2;1H. The highest BCUT2D eigenvalue weighted by atomic mass is 35.5. The molecule has 0 saturated carbocycles. The maximum Gasteiger partial charge on any atom is 0.119 e. The Morgan fingerprint density at radius 3 is 2.34 bits per heavy atom. The number of piperidine rings is 1. The predicted molar refractivity (Wildman–Crippen MR) is 141 cm³/mol. The number of aromatic hydroxyl groups is 2. The molecule has 3 aliphatic rings. The van der Waals surface area contributed by atoms with Crippen molar-refractivity contribution < 1.29 is 14.9 Å². The molecule has 35 heavy (non-hydrogen) atoms. The Morgan fingerprint density at radius 1 is 0.857 bits per heavy atom. The molecule has 2 unspecified atom stereocenters. The van der Waals surface area contributed by atoms with Crippen LogP contribution in [0.2, 0.25) is 0 Å². The third kappa shape index (κ3) is 4.39. The van der Waals surface area contributed by atoms with E-state index in [1.165, 1.54) is 60.2 Å². The van der Waals surface area contributed by atoms with Crippen LogP contribution >= 0.6 is 12.4 Å². The van der Waals surface area contributed by atoms with Gasteiger partial charge in [0.1, 0.15) is 23.9 Å². The summed E-state index contributed by atoms with van der Waals surface area (Å²) in [6, 6.07) is 20.3. The monoisotopic (exact) mass is 491 g/mol. The van der Waals surface area contributed by atoms with Crippen LogP contribution in [0.5, 0.6) is 17.2 Å². The third-order valence-corrected chi connectivity index (χ3v) is 8.31. The summed E-state index contributed by atoms with van der Waals surface area (Å²) in [5.41, 5.74) is 6.33. The molecular formula is C30H34ClNO3. The Bertz CT molecular complexity index is 1190. The van der Waals surface area contributed by atoms with Gasteiger partial charge >= 0.3 is 0 Å². The van der Waals surface area contributed by atoms with Crippen LogP contribution in [0, 0.1) is 0 Å². The molecule has 184 valence electrons. The molecule has 3 aromatic rings. The predicted octanol–water partition coefficient (Wildman–Crippen LogP) is 6.15. The Labute approximate surface area is 214 Å². The van der Waals surface area contributed by atoms with Gasteiger partial charge in [-0.2, -0.15) is 0 Å². The zero-order valence-electron chi connectivity index (χ0n) is 20.1. The lowest BCUT2D eigenvalue weighted by atomic mass is 9.76. The van der Waals surface area contributed by atoms with E-state index in [0.717, 1.165) is 38.2 Å². The van der Waals surface area contributed by atoms with E-state index < -0.39 is 0 Å². The molecule has 6 rings (SSSR count). The van der Waals surface area contributed by atoms with Crippen LogP contribution in [0.3, 0.4) is 0 Å². The first-order valence-electron chi connectivity index (χ1n) is 12.7. The molecule has 2 aliphatic carbocycles. The minimum atomic E-state index is -0.0552. The molecule has 0 amide bonds. The average molecular weight is 492 g/mol. The van der Waals surface area contributed by atoms with Crippen LogP contribution in [0.25, 0.3) is 0 Å². The molecule has 0 bridgehead atoms. The summed E-state index contributed by atoms with van der Waals surface area (Å²) in [4.78, 5) is 2.50. The maximum atomic E-state index is 10.3. The summed E-state index contributed by atoms with van der Waals surface area (Å²) in [7, 11) is 0. The second-order valence-corrected chi connectivity index (χ2v) is 10.3. The van der Waals surface area contributed by atoms with Crippen LogP contribution in [0.4, 0.5) is 0 Å². The molecule has 1 heterocycles. The molecular weight excluding hydrogens is 458 g/mol. The van der Waals surface area contributed by atoms with Crippen molar-refractivity contribution >= 4 is 12.4 Å². The van der Waals surface area contributed by atoms with Crippen LogP contribution in [-0.4, -0.2) is 41.4 Å². The van der Waals surface area contributed by atoms with E-state index in [1.807, 2.05) is 24.3 Å². The minimum Gasteiger partial charge on any atom is -0.508 e. The first-order chi connectivity index (χ1) is 16.6. The number of halogens is 1. The van der Waals surface area contributed by atoms with Gasteiger partial charge in [0.05, 0.1) is 0 Å². The van der Waals surface area contributed by atoms with Crippen LogP contribution < -0.4 is 4.74 Å². The van der Waals surface area contributed by atoms with E-state index in [9.17, 15) is 10.2 Å². The van der Waals surface area contributed by atoms with Crippen LogP contribution in [-0.2, 0) is 11.8 Å². The van der Waals surface area contributed by atoms with Crippen molar-refractivity contribution in [1.82, 2.24) is 4.90 Å². The van der Waals surface area contributed by atoms with Gasteiger partial charge < -0.3 is 14.9 Å². The number of likely N-dealkylation sites (tertiary alicyclic amines) is 1. The van der Waals surface area contributed by atoms with Crippen molar-refractivity contribution in [3.63, 3.8) is 0 Å². The molecule has 2 atom stereocenters. The number of nitrogens with zero attached hydrogens (tertiary/aromatic N) is 1. The fraction of sp³-hybridized carbons (Fsp3) is 0.400. The number of hydrogen-bond donors (Lipinski definition) is 2. The fourth-order valence-electron chi connectivity index (χ4n) is 6.64. The molecule has 1 aliphatic heterocycles. The second-order valence-electron chi connectivity index (χ2n) is 10.3. The fourth-order valence-corrected chi connectivity index (χ4v) is 6.64. The summed E-state index contributed by atoms with van der Waals surface area (Å²) < 4.78 is 6.06. The Balaban J connectivity index is 0.00000253. The number of phenolic OH excluding ortho intramolecular Hbond substituents is 2. The normalized spacial score (nSPS) is 23.0. The summed E-state index contributed by atoms with van der Waals surface area (Å²) in [6.45, 7) is 4.11. The number of phenols is 2. The Hall–Kier alpha value is -2.69. The largest absolute Gasteiger partial charge is 0.508 e. The minimum absolute atomic E-state index is 0. The van der Waals surface area contributed by atoms with Gasteiger partial charge in [-0.05, 0) is 109 Å². The average Bonchev–Trinajstić information content (AvgIpc) is 3.38. The van der Waals surface area contributed by atoms with Gasteiger partial charge in [-0.3, -0.25) is 4.90 Å². The number of benzene rings is 3. The first kappa shape index (κ1) is 24.0. The lowest BCUT2D eigenvalue weighted by Crippen LogP contribution is -2.33. The van der Waals surface area contributed by atoms with Crippen LogP contribution in [0.1, 0.15) is 65.8 Å². The summed E-state index contributed by atoms with van der Waals surface area (Å²) >= 11 is 0. The zero-order valence-corrected chi connectivity index (χ0v) is 20.9. The molecule has 0 radical (unpaired) electrons. The molecule has 2 N–H and O–H groups in total. The van der Waals surface area contributed by atoms with Gasteiger partial charge in [0, 0.05) is 17.9 Å².